The number of para-hydroxylation sites is 1. The number of hydrogen-bond acceptors (Lipinski definition) is 8. The van der Waals surface area contributed by atoms with E-state index in [9.17, 15) is 8.42 Å². The molecule has 0 bridgehead atoms. The molecular formula is C15H13ClN6O3S. The van der Waals surface area contributed by atoms with Gasteiger partial charge in [0.05, 0.1) is 5.69 Å². The Balaban J connectivity index is 1.85. The highest BCUT2D eigenvalue weighted by Crippen LogP contribution is 2.24. The molecule has 1 aromatic heterocycles. The molecule has 134 valence electrons. The molecule has 3 rings (SSSR count). The predicted octanol–water partition coefficient (Wildman–Crippen LogP) is 2.84. The first-order valence-electron chi connectivity index (χ1n) is 7.19. The van der Waals surface area contributed by atoms with Crippen LogP contribution in [0.5, 0.6) is 0 Å². The molecule has 5 N–H and O–H groups in total. The largest absolute Gasteiger partial charge is 0.398 e. The molecule has 0 atom stereocenters. The summed E-state index contributed by atoms with van der Waals surface area (Å²) in [5, 5.41) is 5.80. The minimum Gasteiger partial charge on any atom is -0.398 e. The minimum absolute atomic E-state index is 0.0385. The van der Waals surface area contributed by atoms with E-state index in [1.54, 1.807) is 0 Å². The number of nitrogens with two attached hydrogens (primary N) is 1. The normalized spacial score (nSPS) is 11.2. The predicted molar refractivity (Wildman–Crippen MR) is 98.5 cm³/mol. The van der Waals surface area contributed by atoms with Gasteiger partial charge in [0.25, 0.3) is 10.1 Å². The number of aromatic nitrogens is 3. The Morgan fingerprint density at radius 3 is 2.12 bits per heavy atom. The third-order valence-corrected chi connectivity index (χ3v) is 4.28. The summed E-state index contributed by atoms with van der Waals surface area (Å²) in [6.45, 7) is 0. The molecule has 0 spiro atoms. The van der Waals surface area contributed by atoms with Crippen LogP contribution in [0.25, 0.3) is 0 Å². The van der Waals surface area contributed by atoms with Gasteiger partial charge >= 0.3 is 0 Å². The zero-order valence-corrected chi connectivity index (χ0v) is 14.7. The molecule has 26 heavy (non-hydrogen) atoms. The van der Waals surface area contributed by atoms with Crippen LogP contribution in [0.2, 0.25) is 5.28 Å². The topological polar surface area (TPSA) is 143 Å². The summed E-state index contributed by atoms with van der Waals surface area (Å²) >= 11 is 5.92. The van der Waals surface area contributed by atoms with Gasteiger partial charge in [-0.05, 0) is 41.9 Å². The molecule has 2 aromatic carbocycles. The van der Waals surface area contributed by atoms with Crippen molar-refractivity contribution in [1.29, 1.82) is 0 Å². The summed E-state index contributed by atoms with van der Waals surface area (Å²) in [5.41, 5.74) is 6.70. The van der Waals surface area contributed by atoms with Crippen molar-refractivity contribution in [3.63, 3.8) is 0 Å². The molecule has 0 saturated carbocycles. The fraction of sp³-hybridized carbons (Fsp3) is 0. The Hall–Kier alpha value is -2.95. The van der Waals surface area contributed by atoms with Crippen LogP contribution in [-0.4, -0.2) is 27.9 Å². The Labute approximate surface area is 154 Å². The van der Waals surface area contributed by atoms with Gasteiger partial charge in [-0.15, -0.1) is 0 Å². The molecule has 9 nitrogen and oxygen atoms in total. The number of hydrogen-bond donors (Lipinski definition) is 4. The quantitative estimate of drug-likeness (QED) is 0.380. The maximum absolute atomic E-state index is 11.2. The average Bonchev–Trinajstić information content (AvgIpc) is 2.54. The molecule has 0 unspecified atom stereocenters. The van der Waals surface area contributed by atoms with Crippen molar-refractivity contribution in [2.75, 3.05) is 16.4 Å². The van der Waals surface area contributed by atoms with Crippen LogP contribution in [0, 0.1) is 0 Å². The van der Waals surface area contributed by atoms with E-state index in [1.807, 2.05) is 30.3 Å². The Morgan fingerprint density at radius 1 is 0.923 bits per heavy atom. The summed E-state index contributed by atoms with van der Waals surface area (Å²) in [7, 11) is -4.40. The SMILES string of the molecule is Nc1cc(Nc2nc(Cl)nc(Nc3ccccc3)n2)ccc1S(=O)(=O)O. The van der Waals surface area contributed by atoms with E-state index in [-0.39, 0.29) is 27.8 Å². The standard InChI is InChI=1S/C15H13ClN6O3S/c16-13-20-14(18-9-4-2-1-3-5-9)22-15(21-13)19-10-6-7-12(11(17)8-10)26(23,24)25/h1-8H,17H2,(H,23,24,25)(H2,18,19,20,21,22). The second-order valence-corrected chi connectivity index (χ2v) is 6.82. The maximum atomic E-state index is 11.2. The van der Waals surface area contributed by atoms with Crippen molar-refractivity contribution in [1.82, 2.24) is 15.0 Å². The third-order valence-electron chi connectivity index (χ3n) is 3.18. The summed E-state index contributed by atoms with van der Waals surface area (Å²) in [4.78, 5) is 11.7. The fourth-order valence-electron chi connectivity index (χ4n) is 2.10. The van der Waals surface area contributed by atoms with Crippen molar-refractivity contribution >= 4 is 50.7 Å². The number of nitrogens with zero attached hydrogens (tertiary/aromatic N) is 3. The van der Waals surface area contributed by atoms with E-state index in [4.69, 9.17) is 21.9 Å². The zero-order chi connectivity index (χ0) is 18.7. The Bertz CT molecular complexity index is 1050. The van der Waals surface area contributed by atoms with Crippen LogP contribution >= 0.6 is 11.6 Å². The first-order chi connectivity index (χ1) is 12.3. The number of nitrogen functional groups attached to an aromatic ring is 1. The second kappa shape index (κ2) is 7.12. The van der Waals surface area contributed by atoms with E-state index in [1.165, 1.54) is 18.2 Å². The summed E-state index contributed by atoms with van der Waals surface area (Å²) in [6, 6.07) is 13.1. The van der Waals surface area contributed by atoms with E-state index < -0.39 is 10.1 Å². The second-order valence-electron chi connectivity index (χ2n) is 5.10. The molecule has 0 radical (unpaired) electrons. The lowest BCUT2D eigenvalue weighted by Gasteiger charge is -2.10. The monoisotopic (exact) mass is 392 g/mol. The van der Waals surface area contributed by atoms with E-state index in [0.29, 0.717) is 5.69 Å². The maximum Gasteiger partial charge on any atom is 0.296 e. The van der Waals surface area contributed by atoms with Crippen LogP contribution in [0.4, 0.5) is 29.0 Å². The lowest BCUT2D eigenvalue weighted by Crippen LogP contribution is -2.06. The van der Waals surface area contributed by atoms with Gasteiger partial charge in [0.2, 0.25) is 17.2 Å². The van der Waals surface area contributed by atoms with Crippen molar-refractivity contribution in [3.05, 3.63) is 53.8 Å². The molecular weight excluding hydrogens is 380 g/mol. The van der Waals surface area contributed by atoms with Crippen molar-refractivity contribution in [2.45, 2.75) is 4.90 Å². The van der Waals surface area contributed by atoms with Crippen LogP contribution in [0.1, 0.15) is 0 Å². The first-order valence-corrected chi connectivity index (χ1v) is 9.01. The lowest BCUT2D eigenvalue weighted by molar-refractivity contribution is 0.483. The van der Waals surface area contributed by atoms with Crippen LogP contribution in [0.15, 0.2) is 53.4 Å². The van der Waals surface area contributed by atoms with E-state index in [2.05, 4.69) is 25.6 Å². The molecule has 11 heteroatoms. The Kier molecular flexibility index (Phi) is 4.89. The molecule has 3 aromatic rings. The molecule has 0 aliphatic carbocycles. The molecule has 0 amide bonds. The van der Waals surface area contributed by atoms with Gasteiger partial charge in [0.1, 0.15) is 4.90 Å². The molecule has 0 aliphatic rings. The van der Waals surface area contributed by atoms with E-state index >= 15 is 0 Å². The highest BCUT2D eigenvalue weighted by Gasteiger charge is 2.14. The third kappa shape index (κ3) is 4.36. The fourth-order valence-corrected chi connectivity index (χ4v) is 2.86. The first kappa shape index (κ1) is 17.9. The molecule has 1 heterocycles. The van der Waals surface area contributed by atoms with Gasteiger partial charge in [0, 0.05) is 11.4 Å². The molecule has 0 aliphatic heterocycles. The summed E-state index contributed by atoms with van der Waals surface area (Å²) in [6.07, 6.45) is 0. The average molecular weight is 393 g/mol. The van der Waals surface area contributed by atoms with Crippen molar-refractivity contribution < 1.29 is 13.0 Å². The number of halogens is 1. The van der Waals surface area contributed by atoms with E-state index in [0.717, 1.165) is 5.69 Å². The van der Waals surface area contributed by atoms with Gasteiger partial charge in [-0.1, -0.05) is 18.2 Å². The highest BCUT2D eigenvalue weighted by atomic mass is 35.5. The van der Waals surface area contributed by atoms with Gasteiger partial charge in [-0.3, -0.25) is 4.55 Å². The molecule has 0 saturated heterocycles. The smallest absolute Gasteiger partial charge is 0.296 e. The van der Waals surface area contributed by atoms with Crippen LogP contribution < -0.4 is 16.4 Å². The summed E-state index contributed by atoms with van der Waals surface area (Å²) < 4.78 is 31.4. The van der Waals surface area contributed by atoms with Crippen molar-refractivity contribution in [3.8, 4) is 0 Å². The van der Waals surface area contributed by atoms with Gasteiger partial charge in [0.15, 0.2) is 0 Å². The number of rotatable bonds is 5. The zero-order valence-electron chi connectivity index (χ0n) is 13.1. The van der Waals surface area contributed by atoms with Gasteiger partial charge in [-0.25, -0.2) is 0 Å². The number of anilines is 5. The van der Waals surface area contributed by atoms with Gasteiger partial charge in [-0.2, -0.15) is 23.4 Å². The minimum atomic E-state index is -4.40. The Morgan fingerprint density at radius 2 is 1.54 bits per heavy atom. The summed E-state index contributed by atoms with van der Waals surface area (Å²) in [5.74, 6) is 0.351. The van der Waals surface area contributed by atoms with Crippen molar-refractivity contribution in [2.24, 2.45) is 0 Å². The number of benzene rings is 2. The van der Waals surface area contributed by atoms with Crippen LogP contribution in [0.3, 0.4) is 0 Å². The lowest BCUT2D eigenvalue weighted by atomic mass is 10.3. The highest BCUT2D eigenvalue weighted by molar-refractivity contribution is 7.86. The molecule has 0 fully saturated rings. The van der Waals surface area contributed by atoms with Crippen LogP contribution in [-0.2, 0) is 10.1 Å². The number of nitrogens with one attached hydrogen (secondary N) is 2. The van der Waals surface area contributed by atoms with Gasteiger partial charge < -0.3 is 16.4 Å².